The number of rotatable bonds is 6. The van der Waals surface area contributed by atoms with E-state index in [0.717, 1.165) is 6.54 Å². The van der Waals surface area contributed by atoms with Crippen LogP contribution in [0.15, 0.2) is 29.3 Å². The van der Waals surface area contributed by atoms with Crippen LogP contribution in [-0.2, 0) is 9.84 Å². The predicted octanol–water partition coefficient (Wildman–Crippen LogP) is 1.93. The Kier molecular flexibility index (Phi) is 9.66. The first kappa shape index (κ1) is 21.2. The summed E-state index contributed by atoms with van der Waals surface area (Å²) in [4.78, 5) is 4.09. The van der Waals surface area contributed by atoms with Crippen molar-refractivity contribution in [3.63, 3.8) is 0 Å². The van der Waals surface area contributed by atoms with E-state index in [9.17, 15) is 8.42 Å². The van der Waals surface area contributed by atoms with Crippen LogP contribution in [0, 0.1) is 6.92 Å². The van der Waals surface area contributed by atoms with Gasteiger partial charge in [-0.3, -0.25) is 4.99 Å². The van der Waals surface area contributed by atoms with Gasteiger partial charge in [0.05, 0.1) is 5.75 Å². The van der Waals surface area contributed by atoms with Gasteiger partial charge in [-0.15, -0.1) is 24.0 Å². The van der Waals surface area contributed by atoms with Crippen LogP contribution < -0.4 is 10.6 Å². The minimum Gasteiger partial charge on any atom is -0.356 e. The highest BCUT2D eigenvalue weighted by atomic mass is 127. The molecular formula is C15H26IN3O2S. The van der Waals surface area contributed by atoms with E-state index in [1.807, 2.05) is 0 Å². The van der Waals surface area contributed by atoms with Gasteiger partial charge in [0.2, 0.25) is 0 Å². The molecule has 2 N–H and O–H groups in total. The summed E-state index contributed by atoms with van der Waals surface area (Å²) in [6.07, 6.45) is 1.23. The molecule has 0 aromatic heterocycles. The van der Waals surface area contributed by atoms with Crippen LogP contribution in [0.2, 0.25) is 0 Å². The Morgan fingerprint density at radius 1 is 1.23 bits per heavy atom. The van der Waals surface area contributed by atoms with Gasteiger partial charge >= 0.3 is 0 Å². The van der Waals surface area contributed by atoms with Crippen molar-refractivity contribution in [2.24, 2.45) is 4.99 Å². The lowest BCUT2D eigenvalue weighted by Crippen LogP contribution is -2.40. The normalized spacial score (nSPS) is 13.2. The Balaban J connectivity index is 0.00000441. The van der Waals surface area contributed by atoms with Crippen molar-refractivity contribution >= 4 is 39.8 Å². The summed E-state index contributed by atoms with van der Waals surface area (Å²) in [5, 5.41) is 6.21. The van der Waals surface area contributed by atoms with Crippen molar-refractivity contribution in [3.8, 4) is 0 Å². The second-order valence-electron chi connectivity index (χ2n) is 5.32. The summed E-state index contributed by atoms with van der Waals surface area (Å²) in [6.45, 7) is 5.31. The number of guanidine groups is 1. The summed E-state index contributed by atoms with van der Waals surface area (Å²) in [7, 11) is -1.28. The molecule has 22 heavy (non-hydrogen) atoms. The van der Waals surface area contributed by atoms with Crippen molar-refractivity contribution in [2.45, 2.75) is 19.8 Å². The lowest BCUT2D eigenvalue weighted by atomic mass is 10.0. The van der Waals surface area contributed by atoms with E-state index in [2.05, 4.69) is 53.7 Å². The number of nitrogens with zero attached hydrogens (tertiary/aromatic N) is 1. The molecule has 1 aromatic carbocycles. The zero-order valence-corrected chi connectivity index (χ0v) is 16.7. The first-order valence-corrected chi connectivity index (χ1v) is 9.06. The maximum Gasteiger partial charge on any atom is 0.191 e. The fourth-order valence-corrected chi connectivity index (χ4v) is 2.31. The van der Waals surface area contributed by atoms with E-state index in [-0.39, 0.29) is 29.7 Å². The topological polar surface area (TPSA) is 70.6 Å². The average molecular weight is 439 g/mol. The van der Waals surface area contributed by atoms with Gasteiger partial charge in [-0.05, 0) is 18.4 Å². The summed E-state index contributed by atoms with van der Waals surface area (Å²) in [5.41, 5.74) is 2.51. The second kappa shape index (κ2) is 10.0. The first-order valence-electron chi connectivity index (χ1n) is 7.00. The lowest BCUT2D eigenvalue weighted by Gasteiger charge is -2.16. The molecule has 1 unspecified atom stereocenters. The van der Waals surface area contributed by atoms with Gasteiger partial charge in [-0.25, -0.2) is 8.42 Å². The Morgan fingerprint density at radius 3 is 2.32 bits per heavy atom. The molecule has 5 nitrogen and oxygen atoms in total. The molecule has 0 saturated heterocycles. The van der Waals surface area contributed by atoms with Crippen molar-refractivity contribution in [3.05, 3.63) is 35.4 Å². The number of benzene rings is 1. The Bertz CT molecular complexity index is 571. The summed E-state index contributed by atoms with van der Waals surface area (Å²) in [5.74, 6) is 1.07. The Labute approximate surface area is 150 Å². The van der Waals surface area contributed by atoms with Gasteiger partial charge in [-0.2, -0.15) is 0 Å². The first-order chi connectivity index (χ1) is 9.81. The van der Waals surface area contributed by atoms with E-state index in [0.29, 0.717) is 18.4 Å². The average Bonchev–Trinajstić information content (AvgIpc) is 2.41. The fourth-order valence-electron chi connectivity index (χ4n) is 1.84. The maximum absolute atomic E-state index is 11.1. The zero-order chi connectivity index (χ0) is 15.9. The SMILES string of the molecule is CN=C(NCCS(C)(=O)=O)NCC(C)c1ccc(C)cc1.I. The molecule has 1 atom stereocenters. The Morgan fingerprint density at radius 2 is 1.82 bits per heavy atom. The van der Waals surface area contributed by atoms with Crippen LogP contribution in [0.25, 0.3) is 0 Å². The van der Waals surface area contributed by atoms with Crippen LogP contribution in [0.3, 0.4) is 0 Å². The molecule has 0 fully saturated rings. The van der Waals surface area contributed by atoms with E-state index >= 15 is 0 Å². The predicted molar refractivity (Wildman–Crippen MR) is 104 cm³/mol. The molecule has 126 valence electrons. The van der Waals surface area contributed by atoms with Crippen molar-refractivity contribution < 1.29 is 8.42 Å². The molecule has 1 aromatic rings. The summed E-state index contributed by atoms with van der Waals surface area (Å²) in [6, 6.07) is 8.46. The standard InChI is InChI=1S/C15H25N3O2S.HI/c1-12-5-7-14(8-6-12)13(2)11-18-15(16-3)17-9-10-21(4,19)20;/h5-8,13H,9-11H2,1-4H3,(H2,16,17,18);1H. The van der Waals surface area contributed by atoms with Crippen LogP contribution in [0.1, 0.15) is 24.0 Å². The molecule has 0 amide bonds. The van der Waals surface area contributed by atoms with Crippen LogP contribution in [0.4, 0.5) is 0 Å². The number of hydrogen-bond donors (Lipinski definition) is 2. The third-order valence-corrected chi connectivity index (χ3v) is 4.16. The minimum absolute atomic E-state index is 0. The van der Waals surface area contributed by atoms with Gasteiger partial charge < -0.3 is 10.6 Å². The molecule has 7 heteroatoms. The maximum atomic E-state index is 11.1. The quantitative estimate of drug-likeness (QED) is 0.404. The zero-order valence-electron chi connectivity index (χ0n) is 13.6. The van der Waals surface area contributed by atoms with Gasteiger partial charge in [0.15, 0.2) is 5.96 Å². The van der Waals surface area contributed by atoms with Gasteiger partial charge in [-0.1, -0.05) is 36.8 Å². The third kappa shape index (κ3) is 8.57. The number of nitrogens with one attached hydrogen (secondary N) is 2. The van der Waals surface area contributed by atoms with Gasteiger partial charge in [0.1, 0.15) is 9.84 Å². The molecule has 0 heterocycles. The molecule has 1 rings (SSSR count). The molecule has 0 aliphatic heterocycles. The van der Waals surface area contributed by atoms with Crippen molar-refractivity contribution in [1.29, 1.82) is 0 Å². The highest BCUT2D eigenvalue weighted by Crippen LogP contribution is 2.14. The van der Waals surface area contributed by atoms with E-state index in [4.69, 9.17) is 0 Å². The molecule has 0 spiro atoms. The molecular weight excluding hydrogens is 413 g/mol. The summed E-state index contributed by atoms with van der Waals surface area (Å²) < 4.78 is 22.2. The van der Waals surface area contributed by atoms with E-state index < -0.39 is 9.84 Å². The summed E-state index contributed by atoms with van der Waals surface area (Å²) >= 11 is 0. The Hall–Kier alpha value is -0.830. The molecule has 0 aliphatic rings. The van der Waals surface area contributed by atoms with Crippen LogP contribution in [0.5, 0.6) is 0 Å². The smallest absolute Gasteiger partial charge is 0.191 e. The minimum atomic E-state index is -2.95. The third-order valence-electron chi connectivity index (χ3n) is 3.21. The largest absolute Gasteiger partial charge is 0.356 e. The van der Waals surface area contributed by atoms with Crippen LogP contribution in [-0.4, -0.2) is 46.5 Å². The highest BCUT2D eigenvalue weighted by molar-refractivity contribution is 14.0. The number of halogens is 1. The molecule has 0 saturated carbocycles. The number of aliphatic imine (C=N–C) groups is 1. The van der Waals surface area contributed by atoms with E-state index in [1.165, 1.54) is 17.4 Å². The number of hydrogen-bond acceptors (Lipinski definition) is 3. The molecule has 0 radical (unpaired) electrons. The molecule has 0 aliphatic carbocycles. The lowest BCUT2D eigenvalue weighted by molar-refractivity contribution is 0.600. The monoisotopic (exact) mass is 439 g/mol. The van der Waals surface area contributed by atoms with Crippen molar-refractivity contribution in [2.75, 3.05) is 32.1 Å². The number of aryl methyl sites for hydroxylation is 1. The van der Waals surface area contributed by atoms with Crippen molar-refractivity contribution in [1.82, 2.24) is 10.6 Å². The van der Waals surface area contributed by atoms with Crippen LogP contribution >= 0.6 is 24.0 Å². The number of sulfone groups is 1. The van der Waals surface area contributed by atoms with Gasteiger partial charge in [0, 0.05) is 26.4 Å². The highest BCUT2D eigenvalue weighted by Gasteiger charge is 2.07. The second-order valence-corrected chi connectivity index (χ2v) is 7.58. The van der Waals surface area contributed by atoms with Gasteiger partial charge in [0.25, 0.3) is 0 Å². The fraction of sp³-hybridized carbons (Fsp3) is 0.533. The van der Waals surface area contributed by atoms with E-state index in [1.54, 1.807) is 7.05 Å². The molecule has 0 bridgehead atoms.